The molecule has 0 saturated carbocycles. The minimum absolute atomic E-state index is 0. The van der Waals surface area contributed by atoms with Gasteiger partial charge in [0.2, 0.25) is 0 Å². The molecule has 2 N–H and O–H groups in total. The van der Waals surface area contributed by atoms with Crippen LogP contribution in [0.3, 0.4) is 0 Å². The Balaban J connectivity index is 0.00000320. The van der Waals surface area contributed by atoms with Gasteiger partial charge in [-0.2, -0.15) is 0 Å². The molecule has 2 heterocycles. The number of aliphatic imine (C=N–C) groups is 1. The maximum Gasteiger partial charge on any atom is 0.191 e. The van der Waals surface area contributed by atoms with Gasteiger partial charge in [0.15, 0.2) is 5.96 Å². The first kappa shape index (κ1) is 24.9. The highest BCUT2D eigenvalue weighted by molar-refractivity contribution is 14.0. The third kappa shape index (κ3) is 8.04. The van der Waals surface area contributed by atoms with Crippen LogP contribution in [0.1, 0.15) is 31.4 Å². The van der Waals surface area contributed by atoms with Crippen LogP contribution in [-0.4, -0.2) is 48.1 Å². The summed E-state index contributed by atoms with van der Waals surface area (Å²) in [6.07, 6.45) is 3.92. The minimum Gasteiger partial charge on any atom is -0.357 e. The summed E-state index contributed by atoms with van der Waals surface area (Å²) >= 11 is 5.85. The Morgan fingerprint density at radius 3 is 2.67 bits per heavy atom. The monoisotopic (exact) mass is 541 g/mol. The number of likely N-dealkylation sites (tertiary alicyclic amines) is 1. The predicted octanol–water partition coefficient (Wildman–Crippen LogP) is 4.36. The van der Waals surface area contributed by atoms with Crippen molar-refractivity contribution in [3.05, 3.63) is 64.9 Å². The summed E-state index contributed by atoms with van der Waals surface area (Å²) in [5, 5.41) is 7.32. The van der Waals surface area contributed by atoms with E-state index in [-0.39, 0.29) is 24.0 Å². The van der Waals surface area contributed by atoms with Gasteiger partial charge in [0.05, 0.1) is 0 Å². The topological polar surface area (TPSA) is 52.6 Å². The molecule has 1 fully saturated rings. The summed E-state index contributed by atoms with van der Waals surface area (Å²) in [4.78, 5) is 11.6. The van der Waals surface area contributed by atoms with Crippen molar-refractivity contribution in [2.45, 2.75) is 39.3 Å². The van der Waals surface area contributed by atoms with Gasteiger partial charge in [-0.1, -0.05) is 48.0 Å². The van der Waals surface area contributed by atoms with Crippen molar-refractivity contribution >= 4 is 41.5 Å². The molecule has 1 aromatic heterocycles. The summed E-state index contributed by atoms with van der Waals surface area (Å²) in [6, 6.07) is 15.2. The van der Waals surface area contributed by atoms with Crippen LogP contribution in [0.15, 0.2) is 53.7 Å². The third-order valence-electron chi connectivity index (χ3n) is 5.37. The number of benzene rings is 1. The Morgan fingerprint density at radius 2 is 1.97 bits per heavy atom. The Bertz CT molecular complexity index is 769. The summed E-state index contributed by atoms with van der Waals surface area (Å²) in [5.41, 5.74) is 2.55. The first-order chi connectivity index (χ1) is 14.1. The molecule has 1 aliphatic heterocycles. The average molecular weight is 542 g/mol. The van der Waals surface area contributed by atoms with Crippen LogP contribution in [0.2, 0.25) is 5.15 Å². The number of nitrogens with zero attached hydrogens (tertiary/aromatic N) is 3. The van der Waals surface area contributed by atoms with Crippen molar-refractivity contribution in [1.29, 1.82) is 0 Å². The molecule has 7 heteroatoms. The Morgan fingerprint density at radius 1 is 1.17 bits per heavy atom. The highest BCUT2D eigenvalue weighted by atomic mass is 127. The van der Waals surface area contributed by atoms with Crippen molar-refractivity contribution in [2.75, 3.05) is 26.2 Å². The van der Waals surface area contributed by atoms with Crippen molar-refractivity contribution in [3.8, 4) is 0 Å². The second kappa shape index (κ2) is 13.1. The van der Waals surface area contributed by atoms with E-state index < -0.39 is 0 Å². The summed E-state index contributed by atoms with van der Waals surface area (Å²) in [7, 11) is 0. The minimum atomic E-state index is 0. The molecule has 0 bridgehead atoms. The Labute approximate surface area is 202 Å². The van der Waals surface area contributed by atoms with Gasteiger partial charge in [0.1, 0.15) is 5.15 Å². The molecule has 2 aromatic rings. The molecule has 5 nitrogen and oxygen atoms in total. The van der Waals surface area contributed by atoms with E-state index in [9.17, 15) is 0 Å². The fourth-order valence-electron chi connectivity index (χ4n) is 3.83. The van der Waals surface area contributed by atoms with E-state index in [1.165, 1.54) is 17.5 Å². The van der Waals surface area contributed by atoms with E-state index >= 15 is 0 Å². The molecule has 1 aromatic carbocycles. The lowest BCUT2D eigenvalue weighted by Gasteiger charge is -2.20. The van der Waals surface area contributed by atoms with E-state index in [4.69, 9.17) is 16.6 Å². The molecule has 2 atom stereocenters. The zero-order chi connectivity index (χ0) is 20.5. The summed E-state index contributed by atoms with van der Waals surface area (Å²) in [6.45, 7) is 9.08. The SMILES string of the molecule is CCNC(=NCC1CC(C)N(Cc2ccccc2)C1)NCCc1ccc(Cl)nc1.I. The molecule has 30 heavy (non-hydrogen) atoms. The largest absolute Gasteiger partial charge is 0.357 e. The molecule has 164 valence electrons. The highest BCUT2D eigenvalue weighted by Crippen LogP contribution is 2.25. The highest BCUT2D eigenvalue weighted by Gasteiger charge is 2.28. The van der Waals surface area contributed by atoms with E-state index in [2.05, 4.69) is 64.7 Å². The van der Waals surface area contributed by atoms with Crippen molar-refractivity contribution < 1.29 is 0 Å². The van der Waals surface area contributed by atoms with Crippen LogP contribution in [0, 0.1) is 5.92 Å². The second-order valence-electron chi connectivity index (χ2n) is 7.75. The van der Waals surface area contributed by atoms with Crippen LogP contribution >= 0.6 is 35.6 Å². The average Bonchev–Trinajstić information content (AvgIpc) is 3.07. The van der Waals surface area contributed by atoms with E-state index in [1.54, 1.807) is 0 Å². The van der Waals surface area contributed by atoms with E-state index in [0.29, 0.717) is 17.1 Å². The first-order valence-corrected chi connectivity index (χ1v) is 10.9. The normalized spacial score (nSPS) is 19.4. The van der Waals surface area contributed by atoms with Crippen LogP contribution in [0.25, 0.3) is 0 Å². The van der Waals surface area contributed by atoms with Gasteiger partial charge in [0.25, 0.3) is 0 Å². The van der Waals surface area contributed by atoms with Gasteiger partial charge in [-0.05, 0) is 49.8 Å². The molecular weight excluding hydrogens is 509 g/mol. The van der Waals surface area contributed by atoms with Crippen LogP contribution in [0.5, 0.6) is 0 Å². The molecule has 0 amide bonds. The molecule has 0 radical (unpaired) electrons. The fraction of sp³-hybridized carbons (Fsp3) is 0.478. The maximum absolute atomic E-state index is 5.85. The number of pyridine rings is 1. The van der Waals surface area contributed by atoms with Crippen LogP contribution in [-0.2, 0) is 13.0 Å². The number of aromatic nitrogens is 1. The number of nitrogens with one attached hydrogen (secondary N) is 2. The van der Waals surface area contributed by atoms with Crippen LogP contribution in [0.4, 0.5) is 0 Å². The standard InChI is InChI=1S/C23H32ClN5.HI/c1-3-25-23(26-12-11-19-9-10-22(24)27-14-19)28-15-21-13-18(2)29(17-21)16-20-7-5-4-6-8-20;/h4-10,14,18,21H,3,11-13,15-17H2,1-2H3,(H2,25,26,28);1H. The van der Waals surface area contributed by atoms with Gasteiger partial charge in [-0.15, -0.1) is 24.0 Å². The quantitative estimate of drug-likeness (QED) is 0.226. The van der Waals surface area contributed by atoms with E-state index in [0.717, 1.165) is 45.1 Å². The lowest BCUT2D eigenvalue weighted by Crippen LogP contribution is -2.38. The molecule has 1 saturated heterocycles. The molecule has 0 aliphatic carbocycles. The molecular formula is C23H33ClIN5. The number of halogens is 2. The number of guanidine groups is 1. The fourth-order valence-corrected chi connectivity index (χ4v) is 3.94. The smallest absolute Gasteiger partial charge is 0.191 e. The Hall–Kier alpha value is -1.38. The third-order valence-corrected chi connectivity index (χ3v) is 5.59. The van der Waals surface area contributed by atoms with Gasteiger partial charge in [0, 0.05) is 45.0 Å². The van der Waals surface area contributed by atoms with Gasteiger partial charge < -0.3 is 10.6 Å². The zero-order valence-electron chi connectivity index (χ0n) is 17.9. The molecule has 2 unspecified atom stereocenters. The summed E-state index contributed by atoms with van der Waals surface area (Å²) < 4.78 is 0. The second-order valence-corrected chi connectivity index (χ2v) is 8.14. The maximum atomic E-state index is 5.85. The molecule has 0 spiro atoms. The number of rotatable bonds is 8. The van der Waals surface area contributed by atoms with E-state index in [1.807, 2.05) is 18.3 Å². The van der Waals surface area contributed by atoms with Gasteiger partial charge >= 0.3 is 0 Å². The van der Waals surface area contributed by atoms with Gasteiger partial charge in [-0.3, -0.25) is 9.89 Å². The Kier molecular flexibility index (Phi) is 10.9. The lowest BCUT2D eigenvalue weighted by atomic mass is 10.1. The first-order valence-electron chi connectivity index (χ1n) is 10.5. The lowest BCUT2D eigenvalue weighted by molar-refractivity contribution is 0.256. The molecule has 1 aliphatic rings. The van der Waals surface area contributed by atoms with Crippen LogP contribution < -0.4 is 10.6 Å². The van der Waals surface area contributed by atoms with Crippen molar-refractivity contribution in [2.24, 2.45) is 10.9 Å². The van der Waals surface area contributed by atoms with Crippen molar-refractivity contribution in [1.82, 2.24) is 20.5 Å². The zero-order valence-corrected chi connectivity index (χ0v) is 20.9. The number of hydrogen-bond donors (Lipinski definition) is 2. The predicted molar refractivity (Wildman–Crippen MR) is 137 cm³/mol. The molecule has 3 rings (SSSR count). The number of hydrogen-bond acceptors (Lipinski definition) is 3. The summed E-state index contributed by atoms with van der Waals surface area (Å²) in [5.74, 6) is 1.49. The van der Waals surface area contributed by atoms with Gasteiger partial charge in [-0.25, -0.2) is 4.98 Å². The van der Waals surface area contributed by atoms with Crippen molar-refractivity contribution in [3.63, 3.8) is 0 Å².